The summed E-state index contributed by atoms with van der Waals surface area (Å²) in [5, 5.41) is 11.5. The van der Waals surface area contributed by atoms with Crippen molar-refractivity contribution in [2.75, 3.05) is 7.05 Å². The van der Waals surface area contributed by atoms with Gasteiger partial charge in [0.1, 0.15) is 24.7 Å². The van der Waals surface area contributed by atoms with Crippen molar-refractivity contribution in [3.8, 4) is 11.3 Å². The second kappa shape index (κ2) is 9.36. The Bertz CT molecular complexity index is 1260. The molecule has 0 radical (unpaired) electrons. The molecule has 0 amide bonds. The molecule has 0 spiro atoms. The monoisotopic (exact) mass is 479 g/mol. The van der Waals surface area contributed by atoms with Crippen molar-refractivity contribution in [3.05, 3.63) is 86.9 Å². The molecule has 1 N–H and O–H groups in total. The van der Waals surface area contributed by atoms with Gasteiger partial charge in [-0.2, -0.15) is 10.2 Å². The minimum absolute atomic E-state index is 0.0614. The summed E-state index contributed by atoms with van der Waals surface area (Å²) in [6.07, 6.45) is 4.55. The number of aryl methyl sites for hydroxylation is 1. The zero-order valence-corrected chi connectivity index (χ0v) is 18.6. The Morgan fingerprint density at radius 1 is 1.19 bits per heavy atom. The fourth-order valence-electron chi connectivity index (χ4n) is 3.76. The van der Waals surface area contributed by atoms with E-state index in [2.05, 4.69) is 55.7 Å². The van der Waals surface area contributed by atoms with Crippen molar-refractivity contribution in [2.45, 2.75) is 25.4 Å². The molecule has 0 bridgehead atoms. The summed E-state index contributed by atoms with van der Waals surface area (Å²) in [7, 11) is 2.03. The summed E-state index contributed by atoms with van der Waals surface area (Å²) in [5.41, 5.74) is 4.65. The summed E-state index contributed by atoms with van der Waals surface area (Å²) in [6.45, 7) is -0.0614. The number of aromatic nitrogens is 4. The highest BCUT2D eigenvalue weighted by Crippen LogP contribution is 2.29. The maximum atomic E-state index is 12.1. The van der Waals surface area contributed by atoms with E-state index in [1.54, 1.807) is 6.07 Å². The minimum Gasteiger partial charge on any atom is -0.313 e. The number of fused-ring (bicyclic) bond motifs is 2. The molecule has 1 unspecified atom stereocenters. The van der Waals surface area contributed by atoms with E-state index in [-0.39, 0.29) is 12.1 Å². The van der Waals surface area contributed by atoms with Crippen molar-refractivity contribution in [1.82, 2.24) is 24.7 Å². The summed E-state index contributed by atoms with van der Waals surface area (Å²) in [6, 6.07) is 18.6. The highest BCUT2D eigenvalue weighted by atomic mass is 79.9. The number of nitrogens with one attached hydrogen (secondary N) is 1. The summed E-state index contributed by atoms with van der Waals surface area (Å²) in [5.74, 6) is 0. The normalized spacial score (nSPS) is 14.7. The fourth-order valence-corrected chi connectivity index (χ4v) is 4.02. The molecule has 0 fully saturated rings. The Hall–Kier alpha value is -3.10. The van der Waals surface area contributed by atoms with Gasteiger partial charge in [-0.1, -0.05) is 52.3 Å². The minimum atomic E-state index is -0.338. The Balaban J connectivity index is 0.000000177. The number of hydrogen-bond donors (Lipinski definition) is 1. The van der Waals surface area contributed by atoms with E-state index >= 15 is 0 Å². The van der Waals surface area contributed by atoms with E-state index in [9.17, 15) is 9.59 Å². The predicted molar refractivity (Wildman–Crippen MR) is 123 cm³/mol. The molecule has 1 aliphatic rings. The van der Waals surface area contributed by atoms with Crippen LogP contribution in [0.5, 0.6) is 0 Å². The van der Waals surface area contributed by atoms with Crippen LogP contribution >= 0.6 is 15.9 Å². The third kappa shape index (κ3) is 4.50. The van der Waals surface area contributed by atoms with Crippen LogP contribution in [0.2, 0.25) is 0 Å². The molecule has 0 saturated carbocycles. The smallest absolute Gasteiger partial charge is 0.293 e. The number of aldehydes is 1. The first-order valence-corrected chi connectivity index (χ1v) is 10.8. The molecule has 2 heterocycles. The highest BCUT2D eigenvalue weighted by Gasteiger charge is 2.19. The van der Waals surface area contributed by atoms with Crippen LogP contribution in [-0.4, -0.2) is 32.7 Å². The van der Waals surface area contributed by atoms with E-state index in [1.807, 2.05) is 31.3 Å². The van der Waals surface area contributed by atoms with Gasteiger partial charge in [0, 0.05) is 16.1 Å². The van der Waals surface area contributed by atoms with E-state index in [4.69, 9.17) is 0 Å². The molecule has 5 rings (SSSR count). The van der Waals surface area contributed by atoms with Crippen molar-refractivity contribution >= 4 is 27.7 Å². The number of halogens is 1. The van der Waals surface area contributed by atoms with Gasteiger partial charge in [0.25, 0.3) is 5.56 Å². The van der Waals surface area contributed by atoms with Crippen LogP contribution in [0, 0.1) is 0 Å². The van der Waals surface area contributed by atoms with Crippen molar-refractivity contribution < 1.29 is 4.79 Å². The first kappa shape index (κ1) is 21.1. The van der Waals surface area contributed by atoms with Crippen molar-refractivity contribution in [3.63, 3.8) is 0 Å². The molecule has 8 heteroatoms. The van der Waals surface area contributed by atoms with Crippen LogP contribution in [0.15, 0.2) is 70.2 Å². The quantitative estimate of drug-likeness (QED) is 0.453. The molecule has 158 valence electrons. The number of carbonyl (C=O) groups is 1. The fraction of sp³-hybridized carbons (Fsp3) is 0.217. The van der Waals surface area contributed by atoms with Gasteiger partial charge < -0.3 is 10.1 Å². The lowest BCUT2D eigenvalue weighted by molar-refractivity contribution is -0.108. The first-order chi connectivity index (χ1) is 15.1. The van der Waals surface area contributed by atoms with Gasteiger partial charge in [-0.05, 0) is 49.2 Å². The SMILES string of the molecule is CNC1CCc2ccccc21.O=CCn1ncn2nc(-c3ccc(Br)cc3)cc2c1=O. The average Bonchev–Trinajstić information content (AvgIpc) is 3.41. The molecule has 2 aromatic heterocycles. The van der Waals surface area contributed by atoms with E-state index in [0.29, 0.717) is 23.5 Å². The van der Waals surface area contributed by atoms with Gasteiger partial charge in [-0.15, -0.1) is 0 Å². The maximum absolute atomic E-state index is 12.1. The zero-order chi connectivity index (χ0) is 21.8. The highest BCUT2D eigenvalue weighted by molar-refractivity contribution is 9.10. The van der Waals surface area contributed by atoms with Gasteiger partial charge in [-0.25, -0.2) is 9.20 Å². The van der Waals surface area contributed by atoms with Crippen molar-refractivity contribution in [2.24, 2.45) is 0 Å². The Kier molecular flexibility index (Phi) is 6.39. The van der Waals surface area contributed by atoms with E-state index in [1.165, 1.54) is 34.8 Å². The molecule has 0 saturated heterocycles. The molecular formula is C23H22BrN5O2. The largest absolute Gasteiger partial charge is 0.313 e. The molecule has 0 aliphatic heterocycles. The van der Waals surface area contributed by atoms with Gasteiger partial charge in [0.15, 0.2) is 0 Å². The lowest BCUT2D eigenvalue weighted by atomic mass is 10.1. The molecule has 1 aliphatic carbocycles. The number of hydrogen-bond acceptors (Lipinski definition) is 5. The van der Waals surface area contributed by atoms with Gasteiger partial charge >= 0.3 is 0 Å². The maximum Gasteiger partial charge on any atom is 0.293 e. The van der Waals surface area contributed by atoms with Crippen molar-refractivity contribution in [1.29, 1.82) is 0 Å². The van der Waals surface area contributed by atoms with Crippen LogP contribution in [0.3, 0.4) is 0 Å². The molecule has 4 aromatic rings. The van der Waals surface area contributed by atoms with Crippen LogP contribution in [0.25, 0.3) is 16.8 Å². The number of rotatable bonds is 4. The lowest BCUT2D eigenvalue weighted by Crippen LogP contribution is -2.25. The standard InChI is InChI=1S/C13H9BrN4O2.C10H13N/c14-10-3-1-9(2-4-10)11-7-12-13(20)17(5-6-19)15-8-18(12)16-11;1-11-10-7-6-8-4-2-3-5-9(8)10/h1-4,6-8H,5H2;2-5,10-11H,6-7H2,1H3. The lowest BCUT2D eigenvalue weighted by Gasteiger charge is -2.08. The summed E-state index contributed by atoms with van der Waals surface area (Å²) in [4.78, 5) is 22.6. The molecular weight excluding hydrogens is 458 g/mol. The van der Waals surface area contributed by atoms with Crippen LogP contribution < -0.4 is 10.9 Å². The van der Waals surface area contributed by atoms with E-state index < -0.39 is 0 Å². The Morgan fingerprint density at radius 3 is 2.71 bits per heavy atom. The van der Waals surface area contributed by atoms with Crippen LogP contribution in [0.4, 0.5) is 0 Å². The number of carbonyl (C=O) groups excluding carboxylic acids is 1. The predicted octanol–water partition coefficient (Wildman–Crippen LogP) is 3.41. The number of benzene rings is 2. The third-order valence-electron chi connectivity index (χ3n) is 5.36. The molecule has 2 aromatic carbocycles. The summed E-state index contributed by atoms with van der Waals surface area (Å²) >= 11 is 3.37. The van der Waals surface area contributed by atoms with E-state index in [0.717, 1.165) is 14.7 Å². The zero-order valence-electron chi connectivity index (χ0n) is 17.0. The molecule has 31 heavy (non-hydrogen) atoms. The topological polar surface area (TPSA) is 81.3 Å². The second-order valence-corrected chi connectivity index (χ2v) is 8.15. The van der Waals surface area contributed by atoms with Crippen LogP contribution in [0.1, 0.15) is 23.6 Å². The second-order valence-electron chi connectivity index (χ2n) is 7.23. The van der Waals surface area contributed by atoms with Gasteiger partial charge in [-0.3, -0.25) is 4.79 Å². The molecule has 1 atom stereocenters. The molecule has 7 nitrogen and oxygen atoms in total. The van der Waals surface area contributed by atoms with Gasteiger partial charge in [0.2, 0.25) is 0 Å². The average molecular weight is 480 g/mol. The Labute approximate surface area is 187 Å². The van der Waals surface area contributed by atoms with Gasteiger partial charge in [0.05, 0.1) is 5.69 Å². The third-order valence-corrected chi connectivity index (χ3v) is 5.89. The Morgan fingerprint density at radius 2 is 1.97 bits per heavy atom. The number of nitrogens with zero attached hydrogens (tertiary/aromatic N) is 4. The summed E-state index contributed by atoms with van der Waals surface area (Å²) < 4.78 is 3.50. The van der Waals surface area contributed by atoms with Crippen LogP contribution in [-0.2, 0) is 17.8 Å². The first-order valence-electron chi connectivity index (χ1n) is 10.0.